The van der Waals surface area contributed by atoms with Gasteiger partial charge in [-0.2, -0.15) is 0 Å². The van der Waals surface area contributed by atoms with Crippen molar-refractivity contribution in [1.82, 2.24) is 9.38 Å². The number of pyridine rings is 1. The Morgan fingerprint density at radius 1 is 0.528 bits per heavy atom. The number of hydrogen-bond acceptors (Lipinski definition) is 2. The number of imidazole rings is 1. The first-order valence-corrected chi connectivity index (χ1v) is 19.4. The van der Waals surface area contributed by atoms with Gasteiger partial charge < -0.3 is 0 Å². The van der Waals surface area contributed by atoms with Gasteiger partial charge in [-0.3, -0.25) is 4.40 Å². The molecule has 0 unspecified atom stereocenters. The number of benzene rings is 7. The molecule has 0 saturated heterocycles. The fourth-order valence-corrected chi connectivity index (χ4v) is 10.5. The van der Waals surface area contributed by atoms with Crippen LogP contribution in [0.3, 0.4) is 0 Å². The van der Waals surface area contributed by atoms with Crippen molar-refractivity contribution in [2.75, 3.05) is 0 Å². The third kappa shape index (κ3) is 5.04. The zero-order valence-electron chi connectivity index (χ0n) is 31.0. The van der Waals surface area contributed by atoms with Crippen molar-refractivity contribution in [1.29, 1.82) is 0 Å². The van der Waals surface area contributed by atoms with E-state index in [4.69, 9.17) is 4.98 Å². The molecule has 4 heteroatoms. The average Bonchev–Trinajstić information content (AvgIpc) is 3.69. The van der Waals surface area contributed by atoms with Crippen molar-refractivity contribution in [3.05, 3.63) is 161 Å². The lowest BCUT2D eigenvalue weighted by Gasteiger charge is -2.25. The Kier molecular flexibility index (Phi) is 7.19. The molecule has 0 aliphatic heterocycles. The van der Waals surface area contributed by atoms with Crippen LogP contribution in [0.15, 0.2) is 127 Å². The van der Waals surface area contributed by atoms with Crippen LogP contribution in [0.1, 0.15) is 33.4 Å². The summed E-state index contributed by atoms with van der Waals surface area (Å²) in [5.74, 6) is 0. The first-order chi connectivity index (χ1) is 25.7. The summed E-state index contributed by atoms with van der Waals surface area (Å²) < 4.78 is 4.93. The number of hydrogen-bond donors (Lipinski definition) is 0. The molecule has 0 fully saturated rings. The molecule has 0 amide bonds. The lowest BCUT2D eigenvalue weighted by atomic mass is 9.34. The second kappa shape index (κ2) is 11.9. The molecule has 0 aliphatic carbocycles. The number of rotatable bonds is 4. The molecule has 10 rings (SSSR count). The van der Waals surface area contributed by atoms with Crippen LogP contribution in [0.2, 0.25) is 0 Å². The summed E-state index contributed by atoms with van der Waals surface area (Å²) in [6, 6.07) is 47.9. The lowest BCUT2D eigenvalue weighted by molar-refractivity contribution is 1.25. The van der Waals surface area contributed by atoms with Crippen molar-refractivity contribution < 1.29 is 0 Å². The van der Waals surface area contributed by atoms with Crippen LogP contribution >= 0.6 is 11.3 Å². The zero-order chi connectivity index (χ0) is 36.1. The van der Waals surface area contributed by atoms with Gasteiger partial charge >= 0.3 is 0 Å². The second-order valence-electron chi connectivity index (χ2n) is 15.2. The van der Waals surface area contributed by atoms with Crippen LogP contribution in [0.25, 0.3) is 69.7 Å². The molecule has 0 atom stereocenters. The van der Waals surface area contributed by atoms with Crippen LogP contribution in [-0.2, 0) is 0 Å². The second-order valence-corrected chi connectivity index (χ2v) is 16.3. The molecule has 53 heavy (non-hydrogen) atoms. The van der Waals surface area contributed by atoms with Crippen molar-refractivity contribution in [2.45, 2.75) is 41.5 Å². The minimum Gasteiger partial charge on any atom is -0.291 e. The number of aryl methyl sites for hydroxylation is 6. The smallest absolute Gasteiger partial charge is 0.242 e. The van der Waals surface area contributed by atoms with Crippen molar-refractivity contribution >= 4 is 92.8 Å². The molecule has 0 radical (unpaired) electrons. The van der Waals surface area contributed by atoms with Crippen LogP contribution in [-0.4, -0.2) is 16.1 Å². The van der Waals surface area contributed by atoms with Gasteiger partial charge in [-0.25, -0.2) is 4.98 Å². The van der Waals surface area contributed by atoms with Crippen LogP contribution in [0.4, 0.5) is 0 Å². The van der Waals surface area contributed by atoms with Crippen molar-refractivity contribution in [2.24, 2.45) is 0 Å². The summed E-state index contributed by atoms with van der Waals surface area (Å²) in [6.45, 7) is 13.7. The van der Waals surface area contributed by atoms with E-state index in [1.54, 1.807) is 0 Å². The molecule has 10 aromatic rings. The van der Waals surface area contributed by atoms with E-state index in [9.17, 15) is 0 Å². The molecule has 3 aromatic heterocycles. The Balaban J connectivity index is 1.23. The van der Waals surface area contributed by atoms with Crippen LogP contribution in [0.5, 0.6) is 0 Å². The maximum Gasteiger partial charge on any atom is 0.242 e. The zero-order valence-corrected chi connectivity index (χ0v) is 31.8. The summed E-state index contributed by atoms with van der Waals surface area (Å²) in [7, 11) is 0. The quantitative estimate of drug-likeness (QED) is 0.132. The van der Waals surface area contributed by atoms with Crippen molar-refractivity contribution in [3.8, 4) is 11.3 Å². The predicted octanol–water partition coefficient (Wildman–Crippen LogP) is 11.2. The van der Waals surface area contributed by atoms with E-state index in [1.165, 1.54) is 97.0 Å². The van der Waals surface area contributed by atoms with Gasteiger partial charge in [0.1, 0.15) is 0 Å². The highest BCUT2D eigenvalue weighted by Gasteiger charge is 2.29. The molecule has 0 aliphatic rings. The number of fused-ring (bicyclic) bond motifs is 9. The Hall–Kier alpha value is -5.71. The standard InChI is InChI=1S/C49H39BN2S/c1-28-19-30(3)46(31(4)20-28)50(47-32(5)21-29(2)22-33(47)6)39-17-15-34(16-18-39)43-27-41-40-13-9-10-14-45(40)53-48(41)49-51-42-25-37-23-35-11-7-8-12-36(35)24-38(37)26-44(42)52(43)49/h7-27H,1-6H3. The maximum atomic E-state index is 5.41. The molecule has 0 bridgehead atoms. The first-order valence-electron chi connectivity index (χ1n) is 18.6. The van der Waals surface area contributed by atoms with Gasteiger partial charge in [0.25, 0.3) is 0 Å². The van der Waals surface area contributed by atoms with Gasteiger partial charge in [0.15, 0.2) is 5.65 Å². The van der Waals surface area contributed by atoms with Crippen LogP contribution < -0.4 is 16.4 Å². The van der Waals surface area contributed by atoms with Gasteiger partial charge in [-0.05, 0) is 105 Å². The van der Waals surface area contributed by atoms with E-state index in [2.05, 4.69) is 173 Å². The number of thiophene rings is 1. The molecule has 7 aromatic carbocycles. The normalized spacial score (nSPS) is 12.0. The van der Waals surface area contributed by atoms with E-state index in [0.717, 1.165) is 22.4 Å². The van der Waals surface area contributed by atoms with E-state index >= 15 is 0 Å². The Morgan fingerprint density at radius 3 is 1.72 bits per heavy atom. The molecule has 0 saturated carbocycles. The molecule has 254 valence electrons. The topological polar surface area (TPSA) is 17.3 Å². The third-order valence-corrected chi connectivity index (χ3v) is 12.6. The molecular weight excluding hydrogens is 659 g/mol. The molecule has 3 heterocycles. The van der Waals surface area contributed by atoms with Gasteiger partial charge in [0.05, 0.1) is 21.4 Å². The van der Waals surface area contributed by atoms with Crippen molar-refractivity contribution in [3.63, 3.8) is 0 Å². The Labute approximate surface area is 314 Å². The highest BCUT2D eigenvalue weighted by atomic mass is 32.1. The Bertz CT molecular complexity index is 3020. The fourth-order valence-electron chi connectivity index (χ4n) is 9.32. The summed E-state index contributed by atoms with van der Waals surface area (Å²) in [4.78, 5) is 5.41. The summed E-state index contributed by atoms with van der Waals surface area (Å²) in [5.41, 5.74) is 17.6. The van der Waals surface area contributed by atoms with E-state index in [1.807, 2.05) is 11.3 Å². The summed E-state index contributed by atoms with van der Waals surface area (Å²) in [5, 5.41) is 7.49. The summed E-state index contributed by atoms with van der Waals surface area (Å²) in [6.07, 6.45) is 0. The SMILES string of the molecule is Cc1cc(C)c(B(c2ccc(-c3cc4c5ccccc5sc4c4nc5cc6cc7ccccc7cc6cc5n34)cc2)c2c(C)cc(C)cc2C)c(C)c1. The van der Waals surface area contributed by atoms with Gasteiger partial charge in [0, 0.05) is 15.5 Å². The molecular formula is C49H39BN2S. The highest BCUT2D eigenvalue weighted by molar-refractivity contribution is 7.26. The predicted molar refractivity (Wildman–Crippen MR) is 232 cm³/mol. The van der Waals surface area contributed by atoms with Crippen LogP contribution in [0, 0.1) is 41.5 Å². The van der Waals surface area contributed by atoms with Gasteiger partial charge in [-0.15, -0.1) is 11.3 Å². The highest BCUT2D eigenvalue weighted by Crippen LogP contribution is 2.41. The largest absolute Gasteiger partial charge is 0.291 e. The lowest BCUT2D eigenvalue weighted by Crippen LogP contribution is -2.55. The van der Waals surface area contributed by atoms with E-state index < -0.39 is 0 Å². The first kappa shape index (κ1) is 32.0. The minimum atomic E-state index is 0.129. The molecule has 0 spiro atoms. The third-order valence-electron chi connectivity index (χ3n) is 11.4. The van der Waals surface area contributed by atoms with Gasteiger partial charge in [-0.1, -0.05) is 141 Å². The average molecular weight is 699 g/mol. The van der Waals surface area contributed by atoms with E-state index in [-0.39, 0.29) is 6.71 Å². The monoisotopic (exact) mass is 698 g/mol. The minimum absolute atomic E-state index is 0.129. The summed E-state index contributed by atoms with van der Waals surface area (Å²) >= 11 is 1.84. The number of aromatic nitrogens is 2. The number of nitrogens with zero attached hydrogens (tertiary/aromatic N) is 2. The Morgan fingerprint density at radius 2 is 1.09 bits per heavy atom. The molecule has 0 N–H and O–H groups in total. The van der Waals surface area contributed by atoms with E-state index in [0.29, 0.717) is 0 Å². The fraction of sp³-hybridized carbons (Fsp3) is 0.122. The van der Waals surface area contributed by atoms with Gasteiger partial charge in [0.2, 0.25) is 6.71 Å². The maximum absolute atomic E-state index is 5.41. The molecule has 2 nitrogen and oxygen atoms in total.